The van der Waals surface area contributed by atoms with Gasteiger partial charge in [0.05, 0.1) is 6.42 Å². The van der Waals surface area contributed by atoms with Gasteiger partial charge in [-0.15, -0.1) is 12.4 Å². The molecule has 0 bridgehead atoms. The Bertz CT molecular complexity index is 456. The molecule has 0 spiro atoms. The Labute approximate surface area is 117 Å². The molecule has 2 rings (SSSR count). The van der Waals surface area contributed by atoms with Crippen LogP contribution in [0.5, 0.6) is 0 Å². The number of hydrogen-bond acceptors (Lipinski definition) is 2. The summed E-state index contributed by atoms with van der Waals surface area (Å²) >= 11 is 0. The van der Waals surface area contributed by atoms with Crippen LogP contribution in [0.3, 0.4) is 0 Å². The maximum Gasteiger partial charge on any atom is 0.227 e. The van der Waals surface area contributed by atoms with Crippen molar-refractivity contribution in [2.75, 3.05) is 19.6 Å². The number of nitrogens with one attached hydrogen (secondary N) is 1. The monoisotopic (exact) mass is 290 g/mol. The fourth-order valence-corrected chi connectivity index (χ4v) is 2.11. The minimum atomic E-state index is -0.534. The predicted molar refractivity (Wildman–Crippen MR) is 71.4 cm³/mol. The summed E-state index contributed by atoms with van der Waals surface area (Å²) in [5.74, 6) is -1.21. The SMILES string of the molecule is C[C@H]1CN(C(=O)Cc2cc(F)ccc2F)CCN1.Cl. The Balaban J connectivity index is 0.00000180. The molecule has 1 heterocycles. The number of amides is 1. The lowest BCUT2D eigenvalue weighted by molar-refractivity contribution is -0.131. The summed E-state index contributed by atoms with van der Waals surface area (Å²) in [5.41, 5.74) is 0.117. The van der Waals surface area contributed by atoms with Crippen molar-refractivity contribution in [1.82, 2.24) is 10.2 Å². The number of halogens is 3. The number of benzene rings is 1. The number of nitrogens with zero attached hydrogens (tertiary/aromatic N) is 1. The summed E-state index contributed by atoms with van der Waals surface area (Å²) in [7, 11) is 0. The van der Waals surface area contributed by atoms with Crippen molar-refractivity contribution in [2.24, 2.45) is 0 Å². The maximum absolute atomic E-state index is 13.4. The van der Waals surface area contributed by atoms with Crippen molar-refractivity contribution in [3.63, 3.8) is 0 Å². The average Bonchev–Trinajstić information content (AvgIpc) is 2.34. The van der Waals surface area contributed by atoms with Crippen molar-refractivity contribution in [2.45, 2.75) is 19.4 Å². The predicted octanol–water partition coefficient (Wildman–Crippen LogP) is 1.75. The molecule has 0 aliphatic carbocycles. The molecule has 1 aliphatic heterocycles. The highest BCUT2D eigenvalue weighted by Gasteiger charge is 2.21. The van der Waals surface area contributed by atoms with Crippen LogP contribution in [0, 0.1) is 11.6 Å². The quantitative estimate of drug-likeness (QED) is 0.900. The Morgan fingerprint density at radius 3 is 2.89 bits per heavy atom. The van der Waals surface area contributed by atoms with Gasteiger partial charge in [-0.1, -0.05) is 0 Å². The van der Waals surface area contributed by atoms with E-state index >= 15 is 0 Å². The largest absolute Gasteiger partial charge is 0.340 e. The molecule has 0 unspecified atom stereocenters. The second-order valence-electron chi connectivity index (χ2n) is 4.61. The molecule has 0 radical (unpaired) electrons. The fraction of sp³-hybridized carbons (Fsp3) is 0.462. The van der Waals surface area contributed by atoms with Gasteiger partial charge in [0.25, 0.3) is 0 Å². The van der Waals surface area contributed by atoms with Crippen LogP contribution >= 0.6 is 12.4 Å². The molecule has 0 aromatic heterocycles. The summed E-state index contributed by atoms with van der Waals surface area (Å²) in [5, 5.41) is 3.22. The number of hydrogen-bond donors (Lipinski definition) is 1. The Morgan fingerprint density at radius 2 is 2.21 bits per heavy atom. The molecule has 1 saturated heterocycles. The number of carbonyl (C=O) groups excluding carboxylic acids is 1. The first-order valence-electron chi connectivity index (χ1n) is 6.01. The van der Waals surface area contributed by atoms with Crippen molar-refractivity contribution in [1.29, 1.82) is 0 Å². The van der Waals surface area contributed by atoms with Gasteiger partial charge in [-0.2, -0.15) is 0 Å². The Kier molecular flexibility index (Phi) is 5.69. The Hall–Kier alpha value is -1.20. The van der Waals surface area contributed by atoms with E-state index in [2.05, 4.69) is 5.32 Å². The molecule has 1 aromatic carbocycles. The van der Waals surface area contributed by atoms with E-state index in [1.807, 2.05) is 6.92 Å². The third-order valence-corrected chi connectivity index (χ3v) is 3.07. The number of piperazine rings is 1. The van der Waals surface area contributed by atoms with E-state index in [-0.39, 0.29) is 36.3 Å². The van der Waals surface area contributed by atoms with Crippen LogP contribution in [0.1, 0.15) is 12.5 Å². The van der Waals surface area contributed by atoms with Crippen LogP contribution in [0.4, 0.5) is 8.78 Å². The summed E-state index contributed by atoms with van der Waals surface area (Å²) in [6.45, 7) is 3.94. The lowest BCUT2D eigenvalue weighted by Gasteiger charge is -2.32. The first kappa shape index (κ1) is 15.9. The molecule has 6 heteroatoms. The molecule has 0 saturated carbocycles. The lowest BCUT2D eigenvalue weighted by Crippen LogP contribution is -2.51. The maximum atomic E-state index is 13.4. The summed E-state index contributed by atoms with van der Waals surface area (Å²) in [6, 6.07) is 3.42. The molecule has 1 fully saturated rings. The third-order valence-electron chi connectivity index (χ3n) is 3.07. The summed E-state index contributed by atoms with van der Waals surface area (Å²) in [6.07, 6.45) is -0.0870. The van der Waals surface area contributed by atoms with Gasteiger partial charge in [0, 0.05) is 31.2 Å². The van der Waals surface area contributed by atoms with E-state index in [0.717, 1.165) is 24.7 Å². The molecule has 1 amide bonds. The van der Waals surface area contributed by atoms with Crippen LogP contribution in [0.25, 0.3) is 0 Å². The third kappa shape index (κ3) is 4.14. The summed E-state index contributed by atoms with van der Waals surface area (Å²) < 4.78 is 26.4. The fourth-order valence-electron chi connectivity index (χ4n) is 2.11. The zero-order chi connectivity index (χ0) is 13.1. The molecule has 106 valence electrons. The van der Waals surface area contributed by atoms with E-state index in [1.165, 1.54) is 0 Å². The normalized spacial score (nSPS) is 18.9. The van der Waals surface area contributed by atoms with Gasteiger partial charge < -0.3 is 10.2 Å². The molecule has 3 nitrogen and oxygen atoms in total. The van der Waals surface area contributed by atoms with Gasteiger partial charge >= 0.3 is 0 Å². The van der Waals surface area contributed by atoms with Gasteiger partial charge in [0.15, 0.2) is 0 Å². The highest BCUT2D eigenvalue weighted by atomic mass is 35.5. The number of carbonyl (C=O) groups is 1. The van der Waals surface area contributed by atoms with Gasteiger partial charge in [-0.3, -0.25) is 4.79 Å². The zero-order valence-electron chi connectivity index (χ0n) is 10.7. The molecule has 1 atom stereocenters. The van der Waals surface area contributed by atoms with Crippen molar-refractivity contribution in [3.05, 3.63) is 35.4 Å². The molecular weight excluding hydrogens is 274 g/mol. The standard InChI is InChI=1S/C13H16F2N2O.ClH/c1-9-8-17(5-4-16-9)13(18)7-10-6-11(14)2-3-12(10)15;/h2-3,6,9,16H,4-5,7-8H2,1H3;1H/t9-;/m0./s1. The van der Waals surface area contributed by atoms with E-state index < -0.39 is 11.6 Å². The van der Waals surface area contributed by atoms with E-state index in [9.17, 15) is 13.6 Å². The second-order valence-corrected chi connectivity index (χ2v) is 4.61. The Morgan fingerprint density at radius 1 is 1.47 bits per heavy atom. The molecule has 1 aromatic rings. The average molecular weight is 291 g/mol. The lowest BCUT2D eigenvalue weighted by atomic mass is 10.1. The van der Waals surface area contributed by atoms with Crippen molar-refractivity contribution in [3.8, 4) is 0 Å². The van der Waals surface area contributed by atoms with Crippen LogP contribution in [0.2, 0.25) is 0 Å². The highest BCUT2D eigenvalue weighted by molar-refractivity contribution is 5.85. The van der Waals surface area contributed by atoms with Crippen LogP contribution < -0.4 is 5.32 Å². The topological polar surface area (TPSA) is 32.3 Å². The smallest absolute Gasteiger partial charge is 0.227 e. The van der Waals surface area contributed by atoms with Crippen molar-refractivity contribution < 1.29 is 13.6 Å². The molecule has 1 N–H and O–H groups in total. The summed E-state index contributed by atoms with van der Waals surface area (Å²) in [4.78, 5) is 13.7. The highest BCUT2D eigenvalue weighted by Crippen LogP contribution is 2.12. The first-order valence-corrected chi connectivity index (χ1v) is 6.01. The van der Waals surface area contributed by atoms with Gasteiger partial charge in [0.2, 0.25) is 5.91 Å². The van der Waals surface area contributed by atoms with Gasteiger partial charge in [0.1, 0.15) is 11.6 Å². The molecule has 19 heavy (non-hydrogen) atoms. The second kappa shape index (κ2) is 6.82. The minimum absolute atomic E-state index is 0. The molecular formula is C13H17ClF2N2O. The van der Waals surface area contributed by atoms with Crippen LogP contribution in [0.15, 0.2) is 18.2 Å². The van der Waals surface area contributed by atoms with Crippen LogP contribution in [-0.2, 0) is 11.2 Å². The van der Waals surface area contributed by atoms with E-state index in [1.54, 1.807) is 4.90 Å². The van der Waals surface area contributed by atoms with E-state index in [4.69, 9.17) is 0 Å². The van der Waals surface area contributed by atoms with Gasteiger partial charge in [-0.05, 0) is 25.1 Å². The molecule has 1 aliphatic rings. The minimum Gasteiger partial charge on any atom is -0.340 e. The number of rotatable bonds is 2. The van der Waals surface area contributed by atoms with Gasteiger partial charge in [-0.25, -0.2) is 8.78 Å². The van der Waals surface area contributed by atoms with E-state index in [0.29, 0.717) is 13.1 Å². The zero-order valence-corrected chi connectivity index (χ0v) is 11.5. The first-order chi connectivity index (χ1) is 8.56. The van der Waals surface area contributed by atoms with Crippen molar-refractivity contribution >= 4 is 18.3 Å². The van der Waals surface area contributed by atoms with Crippen LogP contribution in [-0.4, -0.2) is 36.5 Å².